The average molecular weight is 352 g/mol. The first-order valence-electron chi connectivity index (χ1n) is 7.59. The van der Waals surface area contributed by atoms with Crippen molar-refractivity contribution in [2.75, 3.05) is 6.54 Å². The van der Waals surface area contributed by atoms with Gasteiger partial charge in [-0.2, -0.15) is 0 Å². The van der Waals surface area contributed by atoms with Crippen LogP contribution < -0.4 is 10.6 Å². The monoisotopic (exact) mass is 351 g/mol. The smallest absolute Gasteiger partial charge is 0.275 e. The zero-order valence-electron chi connectivity index (χ0n) is 13.2. The molecule has 3 nitrogen and oxygen atoms in total. The van der Waals surface area contributed by atoms with Crippen molar-refractivity contribution in [1.29, 1.82) is 0 Å². The summed E-state index contributed by atoms with van der Waals surface area (Å²) in [5, 5.41) is 6.38. The number of amides is 1. The maximum atomic E-state index is 12.1. The first-order chi connectivity index (χ1) is 11.0. The molecule has 2 rings (SSSR count). The molecule has 23 heavy (non-hydrogen) atoms. The molecule has 0 fully saturated rings. The Bertz CT molecular complexity index is 658. The van der Waals surface area contributed by atoms with Crippen molar-refractivity contribution in [2.24, 2.45) is 0 Å². The van der Waals surface area contributed by atoms with Crippen LogP contribution in [0.25, 0.3) is 0 Å². The Kier molecular flexibility index (Phi) is 6.46. The molecule has 2 aromatic carbocycles. The molecule has 0 saturated carbocycles. The molecule has 0 saturated heterocycles. The Morgan fingerprint density at radius 1 is 1.04 bits per heavy atom. The standard InChI is InChI=1S/C18H20Cl2N2O/c1-12(14-6-8-16(19)9-7-14)21-11-18(23)22-13(2)15-4-3-5-17(20)10-15/h3-10,12-13,21H,11H2,1-2H3,(H,22,23)/p+1/t12-,13+/m1/s1. The minimum Gasteiger partial charge on any atom is -0.345 e. The topological polar surface area (TPSA) is 45.7 Å². The molecule has 2 atom stereocenters. The normalized spacial score (nSPS) is 13.4. The summed E-state index contributed by atoms with van der Waals surface area (Å²) >= 11 is 11.9. The van der Waals surface area contributed by atoms with Gasteiger partial charge >= 0.3 is 0 Å². The zero-order valence-corrected chi connectivity index (χ0v) is 14.7. The van der Waals surface area contributed by atoms with Gasteiger partial charge in [0.25, 0.3) is 5.91 Å². The van der Waals surface area contributed by atoms with Crippen molar-refractivity contribution < 1.29 is 10.1 Å². The summed E-state index contributed by atoms with van der Waals surface area (Å²) in [5.41, 5.74) is 2.14. The Hall–Kier alpha value is -1.55. The van der Waals surface area contributed by atoms with E-state index in [-0.39, 0.29) is 18.0 Å². The lowest BCUT2D eigenvalue weighted by molar-refractivity contribution is -0.682. The number of nitrogens with two attached hydrogens (primary N) is 1. The zero-order chi connectivity index (χ0) is 16.8. The second-order valence-corrected chi connectivity index (χ2v) is 6.50. The second-order valence-electron chi connectivity index (χ2n) is 5.62. The van der Waals surface area contributed by atoms with Gasteiger partial charge in [-0.3, -0.25) is 4.79 Å². The van der Waals surface area contributed by atoms with E-state index < -0.39 is 0 Å². The summed E-state index contributed by atoms with van der Waals surface area (Å²) < 4.78 is 0. The van der Waals surface area contributed by atoms with Crippen LogP contribution in [-0.4, -0.2) is 12.5 Å². The van der Waals surface area contributed by atoms with Crippen LogP contribution in [0.5, 0.6) is 0 Å². The molecule has 0 unspecified atom stereocenters. The SMILES string of the molecule is C[C@H](NC(=O)C[NH2+][C@H](C)c1ccc(Cl)cc1)c1cccc(Cl)c1. The van der Waals surface area contributed by atoms with Crippen molar-refractivity contribution >= 4 is 29.1 Å². The largest absolute Gasteiger partial charge is 0.345 e. The van der Waals surface area contributed by atoms with Gasteiger partial charge in [-0.1, -0.05) is 47.5 Å². The maximum Gasteiger partial charge on any atom is 0.275 e. The Morgan fingerprint density at radius 2 is 1.74 bits per heavy atom. The number of hydrogen-bond acceptors (Lipinski definition) is 1. The third kappa shape index (κ3) is 5.54. The van der Waals surface area contributed by atoms with Crippen molar-refractivity contribution in [2.45, 2.75) is 25.9 Å². The molecule has 122 valence electrons. The number of quaternary nitrogens is 1. The van der Waals surface area contributed by atoms with E-state index in [0.717, 1.165) is 11.1 Å². The highest BCUT2D eigenvalue weighted by atomic mass is 35.5. The van der Waals surface area contributed by atoms with E-state index in [2.05, 4.69) is 12.2 Å². The van der Waals surface area contributed by atoms with Crippen LogP contribution in [0.1, 0.15) is 37.1 Å². The molecule has 0 spiro atoms. The minimum atomic E-state index is -0.0690. The molecule has 0 aliphatic rings. The predicted octanol–water partition coefficient (Wildman–Crippen LogP) is 3.50. The van der Waals surface area contributed by atoms with E-state index in [1.807, 2.05) is 60.8 Å². The van der Waals surface area contributed by atoms with Crippen LogP contribution in [0, 0.1) is 0 Å². The lowest BCUT2D eigenvalue weighted by atomic mass is 10.1. The van der Waals surface area contributed by atoms with E-state index in [4.69, 9.17) is 23.2 Å². The molecule has 0 radical (unpaired) electrons. The third-order valence-electron chi connectivity index (χ3n) is 3.78. The third-order valence-corrected chi connectivity index (χ3v) is 4.27. The molecular weight excluding hydrogens is 331 g/mol. The van der Waals surface area contributed by atoms with Gasteiger partial charge in [0.1, 0.15) is 6.04 Å². The summed E-state index contributed by atoms with van der Waals surface area (Å²) in [6.45, 7) is 4.39. The highest BCUT2D eigenvalue weighted by Crippen LogP contribution is 2.17. The van der Waals surface area contributed by atoms with E-state index >= 15 is 0 Å². The summed E-state index contributed by atoms with van der Waals surface area (Å²) in [4.78, 5) is 12.1. The number of hydrogen-bond donors (Lipinski definition) is 2. The van der Waals surface area contributed by atoms with Crippen LogP contribution in [0.3, 0.4) is 0 Å². The predicted molar refractivity (Wildman–Crippen MR) is 94.7 cm³/mol. The molecule has 3 N–H and O–H groups in total. The van der Waals surface area contributed by atoms with Crippen molar-refractivity contribution in [3.8, 4) is 0 Å². The average Bonchev–Trinajstić information content (AvgIpc) is 2.53. The van der Waals surface area contributed by atoms with Crippen LogP contribution in [0.15, 0.2) is 48.5 Å². The van der Waals surface area contributed by atoms with Gasteiger partial charge in [0.2, 0.25) is 0 Å². The molecule has 0 aliphatic heterocycles. The molecule has 2 aromatic rings. The van der Waals surface area contributed by atoms with E-state index in [9.17, 15) is 4.79 Å². The van der Waals surface area contributed by atoms with Gasteiger partial charge in [0.05, 0.1) is 6.04 Å². The van der Waals surface area contributed by atoms with Gasteiger partial charge in [-0.15, -0.1) is 0 Å². The fourth-order valence-corrected chi connectivity index (χ4v) is 2.67. The van der Waals surface area contributed by atoms with Gasteiger partial charge < -0.3 is 10.6 Å². The molecule has 0 aromatic heterocycles. The molecule has 0 aliphatic carbocycles. The maximum absolute atomic E-state index is 12.1. The Labute approximate surface area is 147 Å². The molecule has 0 heterocycles. The lowest BCUT2D eigenvalue weighted by Gasteiger charge is -2.15. The van der Waals surface area contributed by atoms with Gasteiger partial charge in [-0.25, -0.2) is 0 Å². The second kappa shape index (κ2) is 8.34. The number of carbonyl (C=O) groups excluding carboxylic acids is 1. The quantitative estimate of drug-likeness (QED) is 0.821. The highest BCUT2D eigenvalue weighted by Gasteiger charge is 2.14. The number of benzene rings is 2. The fourth-order valence-electron chi connectivity index (χ4n) is 2.35. The van der Waals surface area contributed by atoms with Crippen molar-refractivity contribution in [3.63, 3.8) is 0 Å². The van der Waals surface area contributed by atoms with Crippen LogP contribution in [0.2, 0.25) is 10.0 Å². The van der Waals surface area contributed by atoms with Crippen LogP contribution >= 0.6 is 23.2 Å². The first-order valence-corrected chi connectivity index (χ1v) is 8.35. The van der Waals surface area contributed by atoms with Crippen molar-refractivity contribution in [3.05, 3.63) is 69.7 Å². The highest BCUT2D eigenvalue weighted by molar-refractivity contribution is 6.30. The van der Waals surface area contributed by atoms with Crippen LogP contribution in [-0.2, 0) is 4.79 Å². The Morgan fingerprint density at radius 3 is 2.39 bits per heavy atom. The van der Waals surface area contributed by atoms with E-state index in [1.165, 1.54) is 0 Å². The van der Waals surface area contributed by atoms with Gasteiger partial charge in [0, 0.05) is 15.6 Å². The molecule has 5 heteroatoms. The summed E-state index contributed by atoms with van der Waals surface area (Å²) in [6.07, 6.45) is 0. The van der Waals surface area contributed by atoms with Crippen LogP contribution in [0.4, 0.5) is 0 Å². The fraction of sp³-hybridized carbons (Fsp3) is 0.278. The van der Waals surface area contributed by atoms with Crippen molar-refractivity contribution in [1.82, 2.24) is 5.32 Å². The molecule has 0 bridgehead atoms. The van der Waals surface area contributed by atoms with Gasteiger partial charge in [-0.05, 0) is 43.7 Å². The summed E-state index contributed by atoms with van der Waals surface area (Å²) in [7, 11) is 0. The summed E-state index contributed by atoms with van der Waals surface area (Å²) in [6, 6.07) is 15.3. The number of nitrogens with one attached hydrogen (secondary N) is 1. The van der Waals surface area contributed by atoms with Gasteiger partial charge in [0.15, 0.2) is 6.54 Å². The Balaban J connectivity index is 1.83. The van der Waals surface area contributed by atoms with E-state index in [1.54, 1.807) is 0 Å². The number of rotatable bonds is 6. The first kappa shape index (κ1) is 17.8. The molecule has 1 amide bonds. The molecular formula is C18H21Cl2N2O+. The summed E-state index contributed by atoms with van der Waals surface area (Å²) in [5.74, 6) is -0.00158. The minimum absolute atomic E-state index is 0.00158. The number of halogens is 2. The number of carbonyl (C=O) groups is 1. The lowest BCUT2D eigenvalue weighted by Crippen LogP contribution is -2.87. The van der Waals surface area contributed by atoms with E-state index in [0.29, 0.717) is 16.6 Å².